The number of aliphatic carboxylic acids is 1. The van der Waals surface area contributed by atoms with Crippen molar-refractivity contribution in [1.82, 2.24) is 15.1 Å². The van der Waals surface area contributed by atoms with Gasteiger partial charge in [-0.3, -0.25) is 9.48 Å². The molecule has 0 radical (unpaired) electrons. The lowest BCUT2D eigenvalue weighted by Gasteiger charge is -2.13. The van der Waals surface area contributed by atoms with E-state index in [1.54, 1.807) is 23.1 Å². The largest absolute Gasteiger partial charge is 0.480 e. The van der Waals surface area contributed by atoms with Gasteiger partial charge in [-0.2, -0.15) is 5.10 Å². The molecular weight excluding hydrogens is 226 g/mol. The average molecular weight is 241 g/mol. The molecule has 1 aromatic heterocycles. The molecule has 2 N–H and O–H groups in total. The summed E-state index contributed by atoms with van der Waals surface area (Å²) in [6.45, 7) is 0.362. The van der Waals surface area contributed by atoms with Crippen LogP contribution in [0.3, 0.4) is 0 Å². The van der Waals surface area contributed by atoms with Crippen molar-refractivity contribution in [3.8, 4) is 0 Å². The van der Waals surface area contributed by atoms with Crippen LogP contribution in [-0.2, 0) is 20.9 Å². The van der Waals surface area contributed by atoms with Crippen molar-refractivity contribution in [2.75, 3.05) is 13.7 Å². The fourth-order valence-corrected chi connectivity index (χ4v) is 1.26. The van der Waals surface area contributed by atoms with E-state index >= 15 is 0 Å². The molecule has 0 fully saturated rings. The second-order valence-electron chi connectivity index (χ2n) is 3.43. The SMILES string of the molecule is COCC(NC(=O)CCn1cccn1)C(=O)O. The maximum atomic E-state index is 11.5. The van der Waals surface area contributed by atoms with Crippen molar-refractivity contribution in [2.45, 2.75) is 19.0 Å². The summed E-state index contributed by atoms with van der Waals surface area (Å²) in [5.41, 5.74) is 0. The molecule has 1 rings (SSSR count). The van der Waals surface area contributed by atoms with Crippen LogP contribution in [0.4, 0.5) is 0 Å². The van der Waals surface area contributed by atoms with Crippen LogP contribution in [0.5, 0.6) is 0 Å². The number of carboxylic acids is 1. The van der Waals surface area contributed by atoms with Crippen molar-refractivity contribution in [3.63, 3.8) is 0 Å². The number of aromatic nitrogens is 2. The number of carbonyl (C=O) groups excluding carboxylic acids is 1. The third-order valence-corrected chi connectivity index (χ3v) is 2.09. The number of carbonyl (C=O) groups is 2. The Morgan fingerprint density at radius 1 is 1.59 bits per heavy atom. The lowest BCUT2D eigenvalue weighted by molar-refractivity contribution is -0.143. The molecule has 1 aromatic rings. The molecule has 1 heterocycles. The van der Waals surface area contributed by atoms with E-state index in [1.807, 2.05) is 0 Å². The Hall–Kier alpha value is -1.89. The first-order valence-corrected chi connectivity index (χ1v) is 5.12. The van der Waals surface area contributed by atoms with E-state index < -0.39 is 12.0 Å². The highest BCUT2D eigenvalue weighted by molar-refractivity contribution is 5.83. The zero-order valence-corrected chi connectivity index (χ0v) is 9.50. The van der Waals surface area contributed by atoms with Crippen molar-refractivity contribution in [1.29, 1.82) is 0 Å². The second-order valence-corrected chi connectivity index (χ2v) is 3.43. The van der Waals surface area contributed by atoms with Crippen LogP contribution in [0.2, 0.25) is 0 Å². The van der Waals surface area contributed by atoms with Crippen LogP contribution in [0.1, 0.15) is 6.42 Å². The zero-order valence-electron chi connectivity index (χ0n) is 9.50. The number of nitrogens with zero attached hydrogens (tertiary/aromatic N) is 2. The predicted molar refractivity (Wildman–Crippen MR) is 58.3 cm³/mol. The van der Waals surface area contributed by atoms with Crippen LogP contribution in [0, 0.1) is 0 Å². The summed E-state index contributed by atoms with van der Waals surface area (Å²) in [4.78, 5) is 22.2. The molecule has 17 heavy (non-hydrogen) atoms. The standard InChI is InChI=1S/C10H15N3O4/c1-17-7-8(10(15)16)12-9(14)3-6-13-5-2-4-11-13/h2,4-5,8H,3,6-7H2,1H3,(H,12,14)(H,15,16). The third-order valence-electron chi connectivity index (χ3n) is 2.09. The molecule has 7 heteroatoms. The Balaban J connectivity index is 2.34. The van der Waals surface area contributed by atoms with Crippen molar-refractivity contribution in [2.24, 2.45) is 0 Å². The summed E-state index contributed by atoms with van der Waals surface area (Å²) in [6.07, 6.45) is 3.52. The smallest absolute Gasteiger partial charge is 0.328 e. The number of amides is 1. The molecule has 0 saturated carbocycles. The van der Waals surface area contributed by atoms with Crippen LogP contribution in [0.25, 0.3) is 0 Å². The maximum absolute atomic E-state index is 11.5. The first kappa shape index (κ1) is 13.2. The highest BCUT2D eigenvalue weighted by Crippen LogP contribution is 1.92. The summed E-state index contributed by atoms with van der Waals surface area (Å²) in [7, 11) is 1.38. The van der Waals surface area contributed by atoms with E-state index in [0.717, 1.165) is 0 Å². The van der Waals surface area contributed by atoms with Gasteiger partial charge in [0.2, 0.25) is 5.91 Å². The average Bonchev–Trinajstić information content (AvgIpc) is 2.78. The topological polar surface area (TPSA) is 93.5 Å². The molecule has 0 bridgehead atoms. The lowest BCUT2D eigenvalue weighted by Crippen LogP contribution is -2.44. The zero-order chi connectivity index (χ0) is 12.7. The third kappa shape index (κ3) is 4.64. The van der Waals surface area contributed by atoms with Crippen LogP contribution < -0.4 is 5.32 Å². The quantitative estimate of drug-likeness (QED) is 0.670. The fourth-order valence-electron chi connectivity index (χ4n) is 1.26. The number of hydrogen-bond donors (Lipinski definition) is 2. The van der Waals surface area contributed by atoms with E-state index in [9.17, 15) is 9.59 Å². The highest BCUT2D eigenvalue weighted by Gasteiger charge is 2.19. The Kier molecular flexibility index (Phi) is 5.15. The van der Waals surface area contributed by atoms with Gasteiger partial charge in [-0.15, -0.1) is 0 Å². The lowest BCUT2D eigenvalue weighted by atomic mass is 10.3. The Bertz CT molecular complexity index is 364. The molecule has 0 aromatic carbocycles. The highest BCUT2D eigenvalue weighted by atomic mass is 16.5. The molecule has 1 atom stereocenters. The second kappa shape index (κ2) is 6.64. The fraction of sp³-hybridized carbons (Fsp3) is 0.500. The molecule has 94 valence electrons. The van der Waals surface area contributed by atoms with Gasteiger partial charge in [0.25, 0.3) is 0 Å². The van der Waals surface area contributed by atoms with Crippen molar-refractivity contribution < 1.29 is 19.4 Å². The summed E-state index contributed by atoms with van der Waals surface area (Å²) in [5.74, 6) is -1.45. The van der Waals surface area contributed by atoms with E-state index in [4.69, 9.17) is 9.84 Å². The van der Waals surface area contributed by atoms with Gasteiger partial charge >= 0.3 is 5.97 Å². The molecule has 0 saturated heterocycles. The van der Waals surface area contributed by atoms with Gasteiger partial charge in [0.15, 0.2) is 6.04 Å². The number of hydrogen-bond acceptors (Lipinski definition) is 4. The molecule has 0 aliphatic rings. The molecule has 0 aliphatic heterocycles. The molecule has 1 unspecified atom stereocenters. The van der Waals surface area contributed by atoms with Gasteiger partial charge in [0, 0.05) is 32.5 Å². The number of aryl methyl sites for hydroxylation is 1. The Morgan fingerprint density at radius 3 is 2.88 bits per heavy atom. The number of nitrogens with one attached hydrogen (secondary N) is 1. The molecule has 7 nitrogen and oxygen atoms in total. The summed E-state index contributed by atoms with van der Waals surface area (Å²) >= 11 is 0. The normalized spacial score (nSPS) is 12.1. The molecule has 0 spiro atoms. The summed E-state index contributed by atoms with van der Waals surface area (Å²) in [6, 6.07) is 0.744. The Labute approximate surface area is 98.4 Å². The van der Waals surface area contributed by atoms with Gasteiger partial charge < -0.3 is 15.2 Å². The van der Waals surface area contributed by atoms with Crippen molar-refractivity contribution >= 4 is 11.9 Å². The van der Waals surface area contributed by atoms with Crippen LogP contribution >= 0.6 is 0 Å². The van der Waals surface area contributed by atoms with E-state index in [2.05, 4.69) is 10.4 Å². The molecular formula is C10H15N3O4. The minimum atomic E-state index is -1.11. The maximum Gasteiger partial charge on any atom is 0.328 e. The van der Waals surface area contributed by atoms with E-state index in [-0.39, 0.29) is 18.9 Å². The minimum Gasteiger partial charge on any atom is -0.480 e. The number of carboxylic acid groups (broad SMARTS) is 1. The minimum absolute atomic E-state index is 0.0527. The van der Waals surface area contributed by atoms with Crippen molar-refractivity contribution in [3.05, 3.63) is 18.5 Å². The number of ether oxygens (including phenoxy) is 1. The van der Waals surface area contributed by atoms with Gasteiger partial charge in [-0.05, 0) is 6.07 Å². The monoisotopic (exact) mass is 241 g/mol. The van der Waals surface area contributed by atoms with Gasteiger partial charge in [-0.25, -0.2) is 4.79 Å². The summed E-state index contributed by atoms with van der Waals surface area (Å²) in [5, 5.41) is 15.1. The van der Waals surface area contributed by atoms with Crippen LogP contribution in [-0.4, -0.2) is 46.5 Å². The first-order valence-electron chi connectivity index (χ1n) is 5.12. The van der Waals surface area contributed by atoms with Crippen LogP contribution in [0.15, 0.2) is 18.5 Å². The van der Waals surface area contributed by atoms with Gasteiger partial charge in [0.1, 0.15) is 0 Å². The molecule has 1 amide bonds. The first-order chi connectivity index (χ1) is 8.13. The number of methoxy groups -OCH3 is 1. The van der Waals surface area contributed by atoms with E-state index in [0.29, 0.717) is 6.54 Å². The van der Waals surface area contributed by atoms with E-state index in [1.165, 1.54) is 7.11 Å². The predicted octanol–water partition coefficient (Wildman–Crippen LogP) is -0.511. The van der Waals surface area contributed by atoms with Gasteiger partial charge in [0.05, 0.1) is 6.61 Å². The molecule has 0 aliphatic carbocycles. The van der Waals surface area contributed by atoms with Gasteiger partial charge in [-0.1, -0.05) is 0 Å². The Morgan fingerprint density at radius 2 is 2.35 bits per heavy atom. The summed E-state index contributed by atoms with van der Waals surface area (Å²) < 4.78 is 6.31. The number of rotatable bonds is 7.